The Labute approximate surface area is 137 Å². The molecule has 0 atom stereocenters. The van der Waals surface area contributed by atoms with Crippen molar-refractivity contribution in [1.29, 1.82) is 0 Å². The molecule has 1 amide bonds. The van der Waals surface area contributed by atoms with Gasteiger partial charge in [0.2, 0.25) is 5.91 Å². The molecule has 0 aliphatic carbocycles. The number of nitrogens with zero attached hydrogens (tertiary/aromatic N) is 1. The van der Waals surface area contributed by atoms with Gasteiger partial charge in [-0.15, -0.1) is 12.4 Å². The van der Waals surface area contributed by atoms with Crippen LogP contribution < -0.4 is 5.32 Å². The van der Waals surface area contributed by atoms with Crippen LogP contribution >= 0.6 is 12.4 Å². The van der Waals surface area contributed by atoms with Crippen molar-refractivity contribution in [2.75, 3.05) is 25.0 Å². The number of benzene rings is 1. The summed E-state index contributed by atoms with van der Waals surface area (Å²) in [6.07, 6.45) is -3.75. The molecule has 0 radical (unpaired) electrons. The second-order valence-corrected chi connectivity index (χ2v) is 4.73. The molecule has 0 saturated heterocycles. The molecule has 0 fully saturated rings. The van der Waals surface area contributed by atoms with Gasteiger partial charge in [-0.25, -0.2) is 0 Å². The average molecular weight is 355 g/mol. The Bertz CT molecular complexity index is 521. The van der Waals surface area contributed by atoms with E-state index in [0.717, 1.165) is 24.3 Å². The van der Waals surface area contributed by atoms with Gasteiger partial charge in [-0.05, 0) is 37.2 Å². The van der Waals surface area contributed by atoms with E-state index < -0.39 is 23.6 Å². The minimum atomic E-state index is -4.43. The van der Waals surface area contributed by atoms with Gasteiger partial charge in [-0.1, -0.05) is 6.92 Å². The molecule has 1 rings (SSSR count). The van der Waals surface area contributed by atoms with E-state index in [1.165, 1.54) is 4.90 Å². The molecule has 0 spiro atoms. The first kappa shape index (κ1) is 21.2. The Kier molecular flexibility index (Phi) is 8.63. The number of alkyl halides is 3. The Morgan fingerprint density at radius 2 is 1.74 bits per heavy atom. The average Bonchev–Trinajstić information content (AvgIpc) is 2.37. The number of rotatable bonds is 7. The lowest BCUT2D eigenvalue weighted by Crippen LogP contribution is -2.37. The second kappa shape index (κ2) is 9.36. The largest absolute Gasteiger partial charge is 0.480 e. The van der Waals surface area contributed by atoms with Gasteiger partial charge in [0.15, 0.2) is 0 Å². The number of halogens is 4. The van der Waals surface area contributed by atoms with Crippen molar-refractivity contribution >= 4 is 30.0 Å². The first-order valence-corrected chi connectivity index (χ1v) is 6.63. The zero-order chi connectivity index (χ0) is 16.8. The van der Waals surface area contributed by atoms with E-state index in [0.29, 0.717) is 13.0 Å². The van der Waals surface area contributed by atoms with Crippen LogP contribution in [0.4, 0.5) is 18.9 Å². The SMILES string of the molecule is CCCN(CC(=O)O)CC(=O)Nc1ccc(C(F)(F)F)cc1.Cl. The van der Waals surface area contributed by atoms with Gasteiger partial charge in [0.1, 0.15) is 0 Å². The van der Waals surface area contributed by atoms with Crippen LogP contribution in [0.1, 0.15) is 18.9 Å². The van der Waals surface area contributed by atoms with Crippen molar-refractivity contribution in [3.8, 4) is 0 Å². The zero-order valence-electron chi connectivity index (χ0n) is 12.4. The maximum absolute atomic E-state index is 12.4. The normalized spacial score (nSPS) is 11.0. The quantitative estimate of drug-likeness (QED) is 0.790. The number of hydrogen-bond donors (Lipinski definition) is 2. The van der Waals surface area contributed by atoms with Gasteiger partial charge in [-0.3, -0.25) is 14.5 Å². The van der Waals surface area contributed by atoms with Crippen LogP contribution in [-0.4, -0.2) is 41.5 Å². The fourth-order valence-corrected chi connectivity index (χ4v) is 1.87. The Morgan fingerprint density at radius 3 is 2.17 bits per heavy atom. The summed E-state index contributed by atoms with van der Waals surface area (Å²) >= 11 is 0. The zero-order valence-corrected chi connectivity index (χ0v) is 13.2. The summed E-state index contributed by atoms with van der Waals surface area (Å²) in [5.74, 6) is -1.52. The highest BCUT2D eigenvalue weighted by molar-refractivity contribution is 5.92. The molecule has 9 heteroatoms. The Morgan fingerprint density at radius 1 is 1.17 bits per heavy atom. The van der Waals surface area contributed by atoms with Crippen LogP contribution in [0.25, 0.3) is 0 Å². The molecule has 23 heavy (non-hydrogen) atoms. The summed E-state index contributed by atoms with van der Waals surface area (Å²) in [7, 11) is 0. The topological polar surface area (TPSA) is 69.6 Å². The van der Waals surface area contributed by atoms with E-state index in [2.05, 4.69) is 5.32 Å². The van der Waals surface area contributed by atoms with Crippen molar-refractivity contribution in [2.24, 2.45) is 0 Å². The monoisotopic (exact) mass is 354 g/mol. The van der Waals surface area contributed by atoms with E-state index in [-0.39, 0.29) is 31.2 Å². The molecule has 1 aromatic rings. The number of carbonyl (C=O) groups is 2. The summed E-state index contributed by atoms with van der Waals surface area (Å²) in [6, 6.07) is 4.05. The number of anilines is 1. The summed E-state index contributed by atoms with van der Waals surface area (Å²) < 4.78 is 37.2. The summed E-state index contributed by atoms with van der Waals surface area (Å²) in [5, 5.41) is 11.2. The van der Waals surface area contributed by atoms with Gasteiger partial charge < -0.3 is 10.4 Å². The van der Waals surface area contributed by atoms with Gasteiger partial charge >= 0.3 is 12.1 Å². The molecular weight excluding hydrogens is 337 g/mol. The number of amides is 1. The highest BCUT2D eigenvalue weighted by atomic mass is 35.5. The van der Waals surface area contributed by atoms with Gasteiger partial charge in [0, 0.05) is 5.69 Å². The van der Waals surface area contributed by atoms with Crippen molar-refractivity contribution in [3.05, 3.63) is 29.8 Å². The number of hydrogen-bond acceptors (Lipinski definition) is 3. The van der Waals surface area contributed by atoms with E-state index in [9.17, 15) is 22.8 Å². The van der Waals surface area contributed by atoms with E-state index in [4.69, 9.17) is 5.11 Å². The lowest BCUT2D eigenvalue weighted by molar-refractivity contribution is -0.139. The summed E-state index contributed by atoms with van der Waals surface area (Å²) in [5.41, 5.74) is -0.575. The molecule has 1 aromatic carbocycles. The van der Waals surface area contributed by atoms with Crippen molar-refractivity contribution < 1.29 is 27.9 Å². The van der Waals surface area contributed by atoms with Crippen molar-refractivity contribution in [1.82, 2.24) is 4.90 Å². The van der Waals surface area contributed by atoms with E-state index in [1.807, 2.05) is 6.92 Å². The fourth-order valence-electron chi connectivity index (χ4n) is 1.87. The van der Waals surface area contributed by atoms with Crippen LogP contribution in [0.5, 0.6) is 0 Å². The number of carboxylic acids is 1. The number of aliphatic carboxylic acids is 1. The first-order chi connectivity index (χ1) is 10.2. The lowest BCUT2D eigenvalue weighted by Gasteiger charge is -2.18. The fraction of sp³-hybridized carbons (Fsp3) is 0.429. The van der Waals surface area contributed by atoms with E-state index in [1.54, 1.807) is 0 Å². The molecule has 0 aliphatic heterocycles. The highest BCUT2D eigenvalue weighted by Crippen LogP contribution is 2.29. The number of carbonyl (C=O) groups excluding carboxylic acids is 1. The van der Waals surface area contributed by atoms with Crippen LogP contribution in [0.3, 0.4) is 0 Å². The molecule has 0 unspecified atom stereocenters. The molecule has 5 nitrogen and oxygen atoms in total. The molecule has 130 valence electrons. The molecule has 0 saturated carbocycles. The molecule has 0 aliphatic rings. The summed E-state index contributed by atoms with van der Waals surface area (Å²) in [6.45, 7) is 1.88. The maximum atomic E-state index is 12.4. The summed E-state index contributed by atoms with van der Waals surface area (Å²) in [4.78, 5) is 23.9. The van der Waals surface area contributed by atoms with Crippen LogP contribution in [-0.2, 0) is 15.8 Å². The lowest BCUT2D eigenvalue weighted by atomic mass is 10.2. The van der Waals surface area contributed by atoms with Crippen molar-refractivity contribution in [3.63, 3.8) is 0 Å². The van der Waals surface area contributed by atoms with Gasteiger partial charge in [0.25, 0.3) is 0 Å². The minimum absolute atomic E-state index is 0. The predicted octanol–water partition coefficient (Wildman–Crippen LogP) is 2.86. The Hall–Kier alpha value is -1.80. The maximum Gasteiger partial charge on any atom is 0.416 e. The van der Waals surface area contributed by atoms with Gasteiger partial charge in [0.05, 0.1) is 18.7 Å². The number of nitrogens with one attached hydrogen (secondary N) is 1. The van der Waals surface area contributed by atoms with Crippen LogP contribution in [0, 0.1) is 0 Å². The predicted molar refractivity (Wildman–Crippen MR) is 81.7 cm³/mol. The minimum Gasteiger partial charge on any atom is -0.480 e. The van der Waals surface area contributed by atoms with Crippen LogP contribution in [0.15, 0.2) is 24.3 Å². The third-order valence-corrected chi connectivity index (χ3v) is 2.76. The molecular formula is C14H18ClF3N2O3. The van der Waals surface area contributed by atoms with Gasteiger partial charge in [-0.2, -0.15) is 13.2 Å². The third-order valence-electron chi connectivity index (χ3n) is 2.76. The first-order valence-electron chi connectivity index (χ1n) is 6.63. The molecule has 0 aromatic heterocycles. The smallest absolute Gasteiger partial charge is 0.416 e. The molecule has 0 bridgehead atoms. The molecule has 0 heterocycles. The second-order valence-electron chi connectivity index (χ2n) is 4.73. The third kappa shape index (κ3) is 7.85. The number of carboxylic acid groups (broad SMARTS) is 1. The molecule has 2 N–H and O–H groups in total. The standard InChI is InChI=1S/C14H17F3N2O3.ClH/c1-2-7-19(9-13(21)22)8-12(20)18-11-5-3-10(4-6-11)14(15,16)17;/h3-6H,2,7-9H2,1H3,(H,18,20)(H,21,22);1H. The van der Waals surface area contributed by atoms with Crippen LogP contribution in [0.2, 0.25) is 0 Å². The van der Waals surface area contributed by atoms with Crippen molar-refractivity contribution in [2.45, 2.75) is 19.5 Å². The highest BCUT2D eigenvalue weighted by Gasteiger charge is 2.30. The Balaban J connectivity index is 0.00000484. The van der Waals surface area contributed by atoms with E-state index >= 15 is 0 Å².